The van der Waals surface area contributed by atoms with Crippen LogP contribution in [0.2, 0.25) is 0 Å². The van der Waals surface area contributed by atoms with Crippen LogP contribution in [0.25, 0.3) is 0 Å². The quantitative estimate of drug-likeness (QED) is 0.743. The molecule has 0 unspecified atom stereocenters. The Morgan fingerprint density at radius 1 is 1.53 bits per heavy atom. The number of amides is 1. The maximum Gasteiger partial charge on any atom is 0.289 e. The van der Waals surface area contributed by atoms with Crippen LogP contribution in [-0.2, 0) is 0 Å². The average molecular weight is 209 g/mol. The average Bonchev–Trinajstić information content (AvgIpc) is 2.42. The number of nitrogens with one attached hydrogen (secondary N) is 1. The minimum absolute atomic E-state index is 0.190. The number of hydrogen-bond donors (Lipinski definition) is 2. The molecule has 1 heterocycles. The number of hydrogen-bond acceptors (Lipinski definition) is 4. The van der Waals surface area contributed by atoms with Gasteiger partial charge in [0.15, 0.2) is 5.89 Å². The van der Waals surface area contributed by atoms with E-state index in [1.807, 2.05) is 0 Å². The van der Waals surface area contributed by atoms with Crippen molar-refractivity contribution in [3.8, 4) is 0 Å². The lowest BCUT2D eigenvalue weighted by molar-refractivity contribution is 0.0879. The van der Waals surface area contributed by atoms with Crippen LogP contribution in [0.5, 0.6) is 0 Å². The summed E-state index contributed by atoms with van der Waals surface area (Å²) in [6.07, 6.45) is 1.69. The molecule has 0 spiro atoms. The van der Waals surface area contributed by atoms with Gasteiger partial charge < -0.3 is 15.5 Å². The van der Waals surface area contributed by atoms with Crippen LogP contribution in [0, 0.1) is 13.8 Å². The van der Waals surface area contributed by atoms with E-state index in [0.29, 0.717) is 17.3 Å². The van der Waals surface area contributed by atoms with Gasteiger partial charge in [-0.3, -0.25) is 4.79 Å². The molecule has 0 bridgehead atoms. The summed E-state index contributed by atoms with van der Waals surface area (Å²) in [5, 5.41) is 2.86. The molecule has 1 aliphatic carbocycles. The van der Waals surface area contributed by atoms with Crippen molar-refractivity contribution < 1.29 is 9.21 Å². The molecule has 1 amide bonds. The van der Waals surface area contributed by atoms with E-state index in [1.165, 1.54) is 0 Å². The van der Waals surface area contributed by atoms with E-state index in [4.69, 9.17) is 10.2 Å². The number of nitrogens with zero attached hydrogens (tertiary/aromatic N) is 1. The molecule has 1 fully saturated rings. The Kier molecular flexibility index (Phi) is 2.48. The van der Waals surface area contributed by atoms with Crippen LogP contribution in [0.3, 0.4) is 0 Å². The fourth-order valence-electron chi connectivity index (χ4n) is 1.77. The second kappa shape index (κ2) is 3.66. The largest absolute Gasteiger partial charge is 0.436 e. The van der Waals surface area contributed by atoms with Gasteiger partial charge in [-0.2, -0.15) is 0 Å². The minimum atomic E-state index is -0.190. The second-order valence-electron chi connectivity index (χ2n) is 4.05. The molecule has 1 aromatic rings. The first-order valence-corrected chi connectivity index (χ1v) is 5.06. The van der Waals surface area contributed by atoms with Crippen molar-refractivity contribution in [3.05, 3.63) is 17.3 Å². The summed E-state index contributed by atoms with van der Waals surface area (Å²) in [6.45, 7) is 3.49. The molecule has 0 radical (unpaired) electrons. The highest BCUT2D eigenvalue weighted by Crippen LogP contribution is 2.18. The van der Waals surface area contributed by atoms with E-state index in [0.717, 1.165) is 12.8 Å². The lowest BCUT2D eigenvalue weighted by Crippen LogP contribution is -2.50. The molecular weight excluding hydrogens is 194 g/mol. The molecule has 0 aliphatic heterocycles. The molecule has 15 heavy (non-hydrogen) atoms. The van der Waals surface area contributed by atoms with Crippen molar-refractivity contribution in [1.29, 1.82) is 0 Å². The van der Waals surface area contributed by atoms with Crippen LogP contribution >= 0.6 is 0 Å². The predicted octanol–water partition coefficient (Wildman–Crippen LogP) is 0.511. The Labute approximate surface area is 88.0 Å². The van der Waals surface area contributed by atoms with Crippen LogP contribution in [0.15, 0.2) is 4.42 Å². The van der Waals surface area contributed by atoms with Crippen molar-refractivity contribution in [2.75, 3.05) is 0 Å². The van der Waals surface area contributed by atoms with Gasteiger partial charge >= 0.3 is 0 Å². The fraction of sp³-hybridized carbons (Fsp3) is 0.600. The fourth-order valence-corrected chi connectivity index (χ4v) is 1.77. The van der Waals surface area contributed by atoms with E-state index >= 15 is 0 Å². The maximum atomic E-state index is 11.7. The molecule has 1 aliphatic rings. The molecule has 1 aromatic heterocycles. The molecule has 1 saturated carbocycles. The number of nitrogens with two attached hydrogens (primary N) is 1. The molecule has 0 atom stereocenters. The Bertz CT molecular complexity index is 380. The Morgan fingerprint density at radius 2 is 2.20 bits per heavy atom. The van der Waals surface area contributed by atoms with Gasteiger partial charge in [0.05, 0.1) is 5.69 Å². The van der Waals surface area contributed by atoms with Gasteiger partial charge in [-0.05, 0) is 19.8 Å². The van der Waals surface area contributed by atoms with Gasteiger partial charge in [0.1, 0.15) is 0 Å². The Morgan fingerprint density at radius 3 is 2.67 bits per heavy atom. The summed E-state index contributed by atoms with van der Waals surface area (Å²) in [5.74, 6) is 0.640. The van der Waals surface area contributed by atoms with Gasteiger partial charge in [0.25, 0.3) is 5.91 Å². The summed E-state index contributed by atoms with van der Waals surface area (Å²) in [7, 11) is 0. The van der Waals surface area contributed by atoms with E-state index < -0.39 is 0 Å². The number of aryl methyl sites for hydroxylation is 2. The molecule has 2 rings (SSSR count). The molecule has 3 N–H and O–H groups in total. The zero-order chi connectivity index (χ0) is 11.0. The van der Waals surface area contributed by atoms with E-state index in [1.54, 1.807) is 13.8 Å². The number of aromatic nitrogens is 1. The summed E-state index contributed by atoms with van der Waals surface area (Å²) in [4.78, 5) is 15.7. The first kappa shape index (κ1) is 10.2. The molecule has 0 aromatic carbocycles. The summed E-state index contributed by atoms with van der Waals surface area (Å²) < 4.78 is 5.22. The number of carbonyl (C=O) groups is 1. The zero-order valence-corrected chi connectivity index (χ0v) is 8.91. The van der Waals surface area contributed by atoms with E-state index in [2.05, 4.69) is 10.3 Å². The van der Waals surface area contributed by atoms with Crippen LogP contribution < -0.4 is 11.1 Å². The first-order valence-electron chi connectivity index (χ1n) is 5.06. The number of rotatable bonds is 2. The summed E-state index contributed by atoms with van der Waals surface area (Å²) in [6, 6.07) is 0.421. The van der Waals surface area contributed by atoms with E-state index in [-0.39, 0.29) is 18.0 Å². The van der Waals surface area contributed by atoms with Crippen molar-refractivity contribution in [2.24, 2.45) is 5.73 Å². The van der Waals surface area contributed by atoms with Crippen molar-refractivity contribution in [2.45, 2.75) is 38.8 Å². The monoisotopic (exact) mass is 209 g/mol. The van der Waals surface area contributed by atoms with Gasteiger partial charge in [0.2, 0.25) is 5.76 Å². The van der Waals surface area contributed by atoms with E-state index in [9.17, 15) is 4.79 Å². The van der Waals surface area contributed by atoms with Crippen LogP contribution in [-0.4, -0.2) is 23.0 Å². The Hall–Kier alpha value is -1.36. The van der Waals surface area contributed by atoms with Gasteiger partial charge in [-0.25, -0.2) is 4.98 Å². The molecule has 0 saturated heterocycles. The predicted molar refractivity (Wildman–Crippen MR) is 54.4 cm³/mol. The normalized spacial score (nSPS) is 24.7. The minimum Gasteiger partial charge on any atom is -0.436 e. The SMILES string of the molecule is Cc1nc(C)c(C(=O)NC2CC(N)C2)o1. The molecular formula is C10H15N3O2. The van der Waals surface area contributed by atoms with Crippen molar-refractivity contribution in [1.82, 2.24) is 10.3 Å². The highest BCUT2D eigenvalue weighted by Gasteiger charge is 2.28. The molecule has 5 heteroatoms. The molecule has 82 valence electrons. The third kappa shape index (κ3) is 2.02. The van der Waals surface area contributed by atoms with Gasteiger partial charge in [-0.15, -0.1) is 0 Å². The summed E-state index contributed by atoms with van der Waals surface area (Å²) >= 11 is 0. The number of carbonyl (C=O) groups excluding carboxylic acids is 1. The zero-order valence-electron chi connectivity index (χ0n) is 8.91. The van der Waals surface area contributed by atoms with Gasteiger partial charge in [0, 0.05) is 19.0 Å². The second-order valence-corrected chi connectivity index (χ2v) is 4.05. The highest BCUT2D eigenvalue weighted by atomic mass is 16.4. The highest BCUT2D eigenvalue weighted by molar-refractivity contribution is 5.92. The first-order chi connectivity index (χ1) is 7.06. The van der Waals surface area contributed by atoms with Crippen molar-refractivity contribution in [3.63, 3.8) is 0 Å². The maximum absolute atomic E-state index is 11.7. The standard InChI is InChI=1S/C10H15N3O2/c1-5-9(15-6(2)12-5)10(14)13-8-3-7(11)4-8/h7-8H,3-4,11H2,1-2H3,(H,13,14). The lowest BCUT2D eigenvalue weighted by Gasteiger charge is -2.32. The topological polar surface area (TPSA) is 81.2 Å². The van der Waals surface area contributed by atoms with Crippen molar-refractivity contribution >= 4 is 5.91 Å². The molecule has 5 nitrogen and oxygen atoms in total. The van der Waals surface area contributed by atoms with Gasteiger partial charge in [-0.1, -0.05) is 0 Å². The van der Waals surface area contributed by atoms with Crippen LogP contribution in [0.1, 0.15) is 35.0 Å². The summed E-state index contributed by atoms with van der Waals surface area (Å²) in [5.41, 5.74) is 6.26. The van der Waals surface area contributed by atoms with Crippen LogP contribution in [0.4, 0.5) is 0 Å². The third-order valence-corrected chi connectivity index (χ3v) is 2.62. The lowest BCUT2D eigenvalue weighted by atomic mass is 9.87. The number of oxazole rings is 1. The third-order valence-electron chi connectivity index (χ3n) is 2.62. The Balaban J connectivity index is 1.99. The smallest absolute Gasteiger partial charge is 0.289 e.